The number of nitrogens with one attached hydrogen (secondary N) is 2. The first-order chi connectivity index (χ1) is 14.8. The number of amides is 2. The van der Waals surface area contributed by atoms with Gasteiger partial charge in [0.05, 0.1) is 0 Å². The van der Waals surface area contributed by atoms with E-state index in [-0.39, 0.29) is 18.4 Å². The van der Waals surface area contributed by atoms with Crippen LogP contribution in [0.15, 0.2) is 48.5 Å². The van der Waals surface area contributed by atoms with Crippen LogP contribution in [0.5, 0.6) is 0 Å². The van der Waals surface area contributed by atoms with E-state index < -0.39 is 29.6 Å². The van der Waals surface area contributed by atoms with Gasteiger partial charge in [-0.05, 0) is 54.9 Å². The van der Waals surface area contributed by atoms with Crippen molar-refractivity contribution in [1.29, 1.82) is 0 Å². The summed E-state index contributed by atoms with van der Waals surface area (Å²) in [5.41, 5.74) is 3.14. The topological polar surface area (TPSA) is 105 Å². The maximum Gasteiger partial charge on any atom is 0.407 e. The van der Waals surface area contributed by atoms with Crippen molar-refractivity contribution in [3.05, 3.63) is 59.7 Å². The number of carbonyl (C=O) groups excluding carboxylic acids is 2. The molecule has 1 unspecified atom stereocenters. The number of carbonyl (C=O) groups is 3. The van der Waals surface area contributed by atoms with Gasteiger partial charge in [0.2, 0.25) is 5.91 Å². The largest absolute Gasteiger partial charge is 0.480 e. The van der Waals surface area contributed by atoms with E-state index in [0.29, 0.717) is 0 Å². The standard InChI is InChI=1S/C24H26N2O5/c1-14(21(27)26-24(2,22(28)29)15-11-12-15)25-23(30)31-13-20-18-9-5-3-7-16(18)17-8-4-6-10-19(17)20/h3-10,14-15,20H,11-13H2,1-2H3,(H,25,30)(H,26,27)(H,28,29)/t14-,24?/m0/s1. The van der Waals surface area contributed by atoms with Crippen LogP contribution in [0.1, 0.15) is 43.7 Å². The van der Waals surface area contributed by atoms with E-state index in [0.717, 1.165) is 35.1 Å². The van der Waals surface area contributed by atoms with Gasteiger partial charge in [0.1, 0.15) is 18.2 Å². The summed E-state index contributed by atoms with van der Waals surface area (Å²) in [4.78, 5) is 36.4. The van der Waals surface area contributed by atoms with Gasteiger partial charge in [-0.15, -0.1) is 0 Å². The van der Waals surface area contributed by atoms with Gasteiger partial charge in [-0.25, -0.2) is 9.59 Å². The molecule has 1 fully saturated rings. The lowest BCUT2D eigenvalue weighted by Gasteiger charge is -2.28. The third-order valence-electron chi connectivity index (χ3n) is 6.29. The zero-order chi connectivity index (χ0) is 22.2. The molecule has 0 radical (unpaired) electrons. The first-order valence-electron chi connectivity index (χ1n) is 10.5. The van der Waals surface area contributed by atoms with Gasteiger partial charge in [-0.3, -0.25) is 4.79 Å². The quantitative estimate of drug-likeness (QED) is 0.635. The van der Waals surface area contributed by atoms with E-state index >= 15 is 0 Å². The summed E-state index contributed by atoms with van der Waals surface area (Å²) in [7, 11) is 0. The van der Waals surface area contributed by atoms with Crippen molar-refractivity contribution in [1.82, 2.24) is 10.6 Å². The van der Waals surface area contributed by atoms with Crippen LogP contribution in [-0.2, 0) is 14.3 Å². The van der Waals surface area contributed by atoms with Crippen LogP contribution in [0, 0.1) is 5.92 Å². The lowest BCUT2D eigenvalue weighted by atomic mass is 9.95. The van der Waals surface area contributed by atoms with Crippen molar-refractivity contribution in [2.75, 3.05) is 6.61 Å². The summed E-state index contributed by atoms with van der Waals surface area (Å²) >= 11 is 0. The number of fused-ring (bicyclic) bond motifs is 3. The van der Waals surface area contributed by atoms with Gasteiger partial charge < -0.3 is 20.5 Å². The van der Waals surface area contributed by atoms with Crippen LogP contribution in [0.3, 0.4) is 0 Å². The van der Waals surface area contributed by atoms with Gasteiger partial charge in [0, 0.05) is 5.92 Å². The Morgan fingerprint density at radius 3 is 2.13 bits per heavy atom. The highest BCUT2D eigenvalue weighted by Crippen LogP contribution is 2.44. The molecule has 0 bridgehead atoms. The maximum atomic E-state index is 12.5. The first kappa shape index (κ1) is 20.9. The second-order valence-corrected chi connectivity index (χ2v) is 8.46. The zero-order valence-corrected chi connectivity index (χ0v) is 17.6. The molecule has 0 aromatic heterocycles. The molecule has 2 amide bonds. The number of ether oxygens (including phenoxy) is 1. The van der Waals surface area contributed by atoms with Crippen molar-refractivity contribution in [3.8, 4) is 11.1 Å². The molecule has 7 heteroatoms. The van der Waals surface area contributed by atoms with E-state index in [1.54, 1.807) is 0 Å². The van der Waals surface area contributed by atoms with Crippen LogP contribution >= 0.6 is 0 Å². The number of hydrogen-bond acceptors (Lipinski definition) is 4. The van der Waals surface area contributed by atoms with Crippen LogP contribution in [0.25, 0.3) is 11.1 Å². The molecule has 0 spiro atoms. The normalized spacial score (nSPS) is 17.6. The monoisotopic (exact) mass is 422 g/mol. The van der Waals surface area contributed by atoms with Crippen LogP contribution in [0.2, 0.25) is 0 Å². The molecule has 0 aliphatic heterocycles. The highest BCUT2D eigenvalue weighted by atomic mass is 16.5. The minimum atomic E-state index is -1.33. The lowest BCUT2D eigenvalue weighted by Crippen LogP contribution is -2.58. The lowest BCUT2D eigenvalue weighted by molar-refractivity contribution is -0.148. The highest BCUT2D eigenvalue weighted by Gasteiger charge is 2.49. The molecular weight excluding hydrogens is 396 g/mol. The predicted octanol–water partition coefficient (Wildman–Crippen LogP) is 3.28. The molecule has 2 aromatic carbocycles. The number of carboxylic acid groups (broad SMARTS) is 1. The molecule has 2 aliphatic rings. The molecular formula is C24H26N2O5. The van der Waals surface area contributed by atoms with E-state index in [2.05, 4.69) is 22.8 Å². The van der Waals surface area contributed by atoms with Gasteiger partial charge in [0.25, 0.3) is 0 Å². The number of benzene rings is 2. The number of hydrogen-bond donors (Lipinski definition) is 3. The Kier molecular flexibility index (Phi) is 5.43. The van der Waals surface area contributed by atoms with Crippen molar-refractivity contribution >= 4 is 18.0 Å². The van der Waals surface area contributed by atoms with Crippen LogP contribution in [-0.4, -0.2) is 41.3 Å². The molecule has 0 saturated heterocycles. The molecule has 2 atom stereocenters. The van der Waals surface area contributed by atoms with Crippen molar-refractivity contribution in [2.45, 2.75) is 44.2 Å². The molecule has 162 valence electrons. The summed E-state index contributed by atoms with van der Waals surface area (Å²) < 4.78 is 5.45. The number of rotatable bonds is 7. The Balaban J connectivity index is 1.36. The average molecular weight is 422 g/mol. The summed E-state index contributed by atoms with van der Waals surface area (Å²) in [6, 6.07) is 15.1. The van der Waals surface area contributed by atoms with Crippen LogP contribution in [0.4, 0.5) is 4.79 Å². The fourth-order valence-electron chi connectivity index (χ4n) is 4.24. The fraction of sp³-hybridized carbons (Fsp3) is 0.375. The SMILES string of the molecule is C[C@H](NC(=O)OCC1c2ccccc2-c2ccccc21)C(=O)NC(C)(C(=O)O)C1CC1. The third-order valence-corrected chi connectivity index (χ3v) is 6.29. The van der Waals surface area contributed by atoms with E-state index in [4.69, 9.17) is 4.74 Å². The van der Waals surface area contributed by atoms with Crippen molar-refractivity contribution in [2.24, 2.45) is 5.92 Å². The Bertz CT molecular complexity index is 987. The smallest absolute Gasteiger partial charge is 0.407 e. The molecule has 31 heavy (non-hydrogen) atoms. The molecule has 2 aliphatic carbocycles. The Labute approximate surface area is 180 Å². The van der Waals surface area contributed by atoms with Gasteiger partial charge in [-0.2, -0.15) is 0 Å². The predicted molar refractivity (Wildman–Crippen MR) is 115 cm³/mol. The number of aliphatic carboxylic acids is 1. The Hall–Kier alpha value is -3.35. The summed E-state index contributed by atoms with van der Waals surface area (Å²) in [5.74, 6) is -1.79. The molecule has 1 saturated carbocycles. The molecule has 4 rings (SSSR count). The summed E-state index contributed by atoms with van der Waals surface area (Å²) in [5, 5.41) is 14.6. The van der Waals surface area contributed by atoms with Gasteiger partial charge in [0.15, 0.2) is 0 Å². The second kappa shape index (κ2) is 8.06. The summed E-state index contributed by atoms with van der Waals surface area (Å²) in [6.45, 7) is 3.15. The van der Waals surface area contributed by atoms with Crippen molar-refractivity contribution < 1.29 is 24.2 Å². The van der Waals surface area contributed by atoms with Crippen LogP contribution < -0.4 is 10.6 Å². The first-order valence-corrected chi connectivity index (χ1v) is 10.5. The maximum absolute atomic E-state index is 12.5. The van der Waals surface area contributed by atoms with Gasteiger partial charge in [-0.1, -0.05) is 48.5 Å². The average Bonchev–Trinajstić information content (AvgIpc) is 3.56. The fourth-order valence-corrected chi connectivity index (χ4v) is 4.24. The second-order valence-electron chi connectivity index (χ2n) is 8.46. The summed E-state index contributed by atoms with van der Waals surface area (Å²) in [6.07, 6.45) is 0.808. The molecule has 2 aromatic rings. The van der Waals surface area contributed by atoms with Crippen molar-refractivity contribution in [3.63, 3.8) is 0 Å². The van der Waals surface area contributed by atoms with E-state index in [1.807, 2.05) is 36.4 Å². The van der Waals surface area contributed by atoms with Gasteiger partial charge >= 0.3 is 12.1 Å². The third kappa shape index (κ3) is 4.00. The minimum absolute atomic E-state index is 0.0764. The molecule has 7 nitrogen and oxygen atoms in total. The number of alkyl carbamates (subject to hydrolysis) is 1. The number of carboxylic acids is 1. The van der Waals surface area contributed by atoms with E-state index in [1.165, 1.54) is 13.8 Å². The minimum Gasteiger partial charge on any atom is -0.480 e. The Morgan fingerprint density at radius 2 is 1.61 bits per heavy atom. The Morgan fingerprint density at radius 1 is 1.06 bits per heavy atom. The zero-order valence-electron chi connectivity index (χ0n) is 17.6. The molecule has 0 heterocycles. The molecule has 3 N–H and O–H groups in total. The highest BCUT2D eigenvalue weighted by molar-refractivity contribution is 5.91. The van der Waals surface area contributed by atoms with E-state index in [9.17, 15) is 19.5 Å².